The molecule has 3 heteroatoms. The minimum Gasteiger partial charge on any atom is -0.308 e. The Morgan fingerprint density at radius 2 is 1.79 bits per heavy atom. The van der Waals surface area contributed by atoms with Crippen molar-refractivity contribution in [1.82, 2.24) is 5.32 Å². The lowest BCUT2D eigenvalue weighted by atomic mass is 10.0. The van der Waals surface area contributed by atoms with Crippen LogP contribution in [0.4, 0.5) is 0 Å². The molecule has 1 fully saturated rings. The highest BCUT2D eigenvalue weighted by molar-refractivity contribution is 7.19. The summed E-state index contributed by atoms with van der Waals surface area (Å²) in [6, 6.07) is 8.93. The number of halogens is 1. The third-order valence-electron chi connectivity index (χ3n) is 5.09. The maximum absolute atomic E-state index is 6.47. The molecule has 1 nitrogen and oxygen atoms in total. The van der Waals surface area contributed by atoms with Crippen LogP contribution in [-0.4, -0.2) is 6.04 Å². The quantitative estimate of drug-likeness (QED) is 0.832. The lowest BCUT2D eigenvalue weighted by Gasteiger charge is -2.05. The van der Waals surface area contributed by atoms with Crippen LogP contribution in [0.5, 0.6) is 0 Å². The van der Waals surface area contributed by atoms with E-state index in [9.17, 15) is 0 Å². The summed E-state index contributed by atoms with van der Waals surface area (Å²) in [7, 11) is 0. The molecule has 1 aliphatic rings. The standard InChI is InChI=1S/C16H20ClNS/c1-15(2)14(16(15,3)4)18-9-12-13(17)10-7-5-6-8-11(10)19-12/h5-8,14,18H,9H2,1-4H3. The number of hydrogen-bond donors (Lipinski definition) is 1. The Hall–Kier alpha value is -0.570. The number of nitrogens with one attached hydrogen (secondary N) is 1. The Kier molecular flexibility index (Phi) is 2.97. The van der Waals surface area contributed by atoms with Crippen LogP contribution in [0.2, 0.25) is 5.02 Å². The van der Waals surface area contributed by atoms with E-state index in [-0.39, 0.29) is 0 Å². The average molecular weight is 294 g/mol. The lowest BCUT2D eigenvalue weighted by molar-refractivity contribution is 0.457. The molecule has 3 rings (SSSR count). The van der Waals surface area contributed by atoms with E-state index >= 15 is 0 Å². The van der Waals surface area contributed by atoms with Gasteiger partial charge in [-0.3, -0.25) is 0 Å². The lowest BCUT2D eigenvalue weighted by Crippen LogP contribution is -2.21. The van der Waals surface area contributed by atoms with Gasteiger partial charge in [0.25, 0.3) is 0 Å². The number of thiophene rings is 1. The van der Waals surface area contributed by atoms with Gasteiger partial charge in [-0.1, -0.05) is 57.5 Å². The van der Waals surface area contributed by atoms with Gasteiger partial charge < -0.3 is 5.32 Å². The van der Waals surface area contributed by atoms with Crippen molar-refractivity contribution < 1.29 is 0 Å². The first-order valence-corrected chi connectivity index (χ1v) is 7.94. The summed E-state index contributed by atoms with van der Waals surface area (Å²) in [6.45, 7) is 10.2. The van der Waals surface area contributed by atoms with Gasteiger partial charge in [-0.05, 0) is 16.9 Å². The first kappa shape index (κ1) is 13.4. The highest BCUT2D eigenvalue weighted by Gasteiger charge is 2.64. The molecule has 102 valence electrons. The minimum atomic E-state index is 0.371. The zero-order valence-electron chi connectivity index (χ0n) is 11.9. The second-order valence-electron chi connectivity index (χ2n) is 6.59. The molecule has 0 unspecified atom stereocenters. The smallest absolute Gasteiger partial charge is 0.0636 e. The summed E-state index contributed by atoms with van der Waals surface area (Å²) in [5, 5.41) is 5.78. The zero-order chi connectivity index (χ0) is 13.8. The van der Waals surface area contributed by atoms with Crippen molar-refractivity contribution in [3.63, 3.8) is 0 Å². The first-order chi connectivity index (χ1) is 8.85. The molecule has 0 radical (unpaired) electrons. The monoisotopic (exact) mass is 293 g/mol. The summed E-state index contributed by atoms with van der Waals surface area (Å²) in [5.41, 5.74) is 0.742. The van der Waals surface area contributed by atoms with Gasteiger partial charge in [-0.25, -0.2) is 0 Å². The van der Waals surface area contributed by atoms with Crippen LogP contribution in [0.15, 0.2) is 24.3 Å². The summed E-state index contributed by atoms with van der Waals surface area (Å²) in [4.78, 5) is 1.25. The third kappa shape index (κ3) is 1.93. The molecule has 0 bridgehead atoms. The number of benzene rings is 1. The zero-order valence-corrected chi connectivity index (χ0v) is 13.5. The largest absolute Gasteiger partial charge is 0.308 e. The SMILES string of the molecule is CC1(C)C(NCc2sc3ccccc3c2Cl)C1(C)C. The Morgan fingerprint density at radius 1 is 1.16 bits per heavy atom. The molecule has 0 spiro atoms. The van der Waals surface area contributed by atoms with Gasteiger partial charge in [0.1, 0.15) is 0 Å². The molecule has 1 aromatic heterocycles. The fourth-order valence-electron chi connectivity index (χ4n) is 3.08. The van der Waals surface area contributed by atoms with E-state index in [1.165, 1.54) is 15.0 Å². The van der Waals surface area contributed by atoms with E-state index in [1.54, 1.807) is 11.3 Å². The van der Waals surface area contributed by atoms with Gasteiger partial charge in [0.15, 0.2) is 0 Å². The molecule has 19 heavy (non-hydrogen) atoms. The molecule has 0 aliphatic heterocycles. The fourth-order valence-corrected chi connectivity index (χ4v) is 4.53. The molecule has 1 heterocycles. The molecule has 0 atom stereocenters. The van der Waals surface area contributed by atoms with Crippen LogP contribution in [0, 0.1) is 10.8 Å². The maximum atomic E-state index is 6.47. The summed E-state index contributed by atoms with van der Waals surface area (Å²) in [5.74, 6) is 0. The minimum absolute atomic E-state index is 0.371. The van der Waals surface area contributed by atoms with Crippen molar-refractivity contribution in [3.8, 4) is 0 Å². The highest BCUT2D eigenvalue weighted by Crippen LogP contribution is 2.62. The van der Waals surface area contributed by atoms with E-state index in [0.717, 1.165) is 11.6 Å². The normalized spacial score (nSPS) is 20.9. The fraction of sp³-hybridized carbons (Fsp3) is 0.500. The second-order valence-corrected chi connectivity index (χ2v) is 8.11. The van der Waals surface area contributed by atoms with Crippen LogP contribution < -0.4 is 5.32 Å². The van der Waals surface area contributed by atoms with Crippen molar-refractivity contribution in [3.05, 3.63) is 34.2 Å². The van der Waals surface area contributed by atoms with Crippen molar-refractivity contribution in [2.24, 2.45) is 10.8 Å². The van der Waals surface area contributed by atoms with E-state index < -0.39 is 0 Å². The number of hydrogen-bond acceptors (Lipinski definition) is 2. The second kappa shape index (κ2) is 4.21. The van der Waals surface area contributed by atoms with Crippen molar-refractivity contribution in [2.75, 3.05) is 0 Å². The van der Waals surface area contributed by atoms with Crippen LogP contribution >= 0.6 is 22.9 Å². The highest BCUT2D eigenvalue weighted by atomic mass is 35.5. The molecule has 0 saturated heterocycles. The van der Waals surface area contributed by atoms with Gasteiger partial charge >= 0.3 is 0 Å². The van der Waals surface area contributed by atoms with E-state index in [2.05, 4.69) is 51.2 Å². The molecule has 1 N–H and O–H groups in total. The van der Waals surface area contributed by atoms with Gasteiger partial charge in [-0.15, -0.1) is 11.3 Å². The van der Waals surface area contributed by atoms with Crippen LogP contribution in [0.3, 0.4) is 0 Å². The molecular weight excluding hydrogens is 274 g/mol. The summed E-state index contributed by atoms with van der Waals surface area (Å²) < 4.78 is 1.28. The van der Waals surface area contributed by atoms with Crippen molar-refractivity contribution in [2.45, 2.75) is 40.3 Å². The molecular formula is C16H20ClNS. The third-order valence-corrected chi connectivity index (χ3v) is 6.80. The van der Waals surface area contributed by atoms with Gasteiger partial charge in [0.2, 0.25) is 0 Å². The Morgan fingerprint density at radius 3 is 2.37 bits per heavy atom. The molecule has 1 aliphatic carbocycles. The molecule has 0 amide bonds. The number of fused-ring (bicyclic) bond motifs is 1. The molecule has 1 aromatic carbocycles. The van der Waals surface area contributed by atoms with Crippen LogP contribution in [0.1, 0.15) is 32.6 Å². The first-order valence-electron chi connectivity index (χ1n) is 6.75. The average Bonchev–Trinajstić information content (AvgIpc) is 2.64. The van der Waals surface area contributed by atoms with Crippen molar-refractivity contribution in [1.29, 1.82) is 0 Å². The van der Waals surface area contributed by atoms with E-state index in [0.29, 0.717) is 16.9 Å². The Bertz CT molecular complexity index is 613. The van der Waals surface area contributed by atoms with E-state index in [1.807, 2.05) is 6.07 Å². The predicted molar refractivity (Wildman–Crippen MR) is 85.0 cm³/mol. The van der Waals surface area contributed by atoms with Gasteiger partial charge in [0.05, 0.1) is 5.02 Å². The molecule has 1 saturated carbocycles. The topological polar surface area (TPSA) is 12.0 Å². The number of rotatable bonds is 3. The van der Waals surface area contributed by atoms with Crippen LogP contribution in [0.25, 0.3) is 10.1 Å². The van der Waals surface area contributed by atoms with E-state index in [4.69, 9.17) is 11.6 Å². The van der Waals surface area contributed by atoms with Gasteiger partial charge in [-0.2, -0.15) is 0 Å². The maximum Gasteiger partial charge on any atom is 0.0636 e. The Labute approximate surface area is 124 Å². The Balaban J connectivity index is 1.79. The summed E-state index contributed by atoms with van der Waals surface area (Å²) >= 11 is 8.27. The predicted octanol–water partition coefficient (Wildman–Crippen LogP) is 5.08. The molecule has 2 aromatic rings. The summed E-state index contributed by atoms with van der Waals surface area (Å²) in [6.07, 6.45) is 0. The van der Waals surface area contributed by atoms with Gasteiger partial charge in [0, 0.05) is 27.5 Å². The van der Waals surface area contributed by atoms with Crippen molar-refractivity contribution >= 4 is 33.0 Å². The van der Waals surface area contributed by atoms with Crippen LogP contribution in [-0.2, 0) is 6.54 Å².